The third-order valence-electron chi connectivity index (χ3n) is 3.00. The minimum Gasteiger partial charge on any atom is -0.240 e. The molecule has 0 bridgehead atoms. The molecule has 0 unspecified atom stereocenters. The molecule has 1 N–H and O–H groups in total. The highest BCUT2D eigenvalue weighted by Gasteiger charge is 2.28. The summed E-state index contributed by atoms with van der Waals surface area (Å²) in [5, 5.41) is 9.74. The van der Waals surface area contributed by atoms with Gasteiger partial charge in [0, 0.05) is 17.4 Å². The van der Waals surface area contributed by atoms with E-state index < -0.39 is 17.2 Å². The Labute approximate surface area is 116 Å². The number of nitriles is 1. The zero-order chi connectivity index (χ0) is 14.3. The number of aromatic nitrogens is 2. The number of rotatable bonds is 1. The molecule has 0 fully saturated rings. The molecule has 0 radical (unpaired) electrons. The number of nitrogens with zero attached hydrogens (tertiary/aromatic N) is 2. The van der Waals surface area contributed by atoms with E-state index in [0.29, 0.717) is 11.7 Å². The van der Waals surface area contributed by atoms with Crippen LogP contribution in [0.3, 0.4) is 0 Å². The van der Waals surface area contributed by atoms with Gasteiger partial charge in [-0.15, -0.1) is 0 Å². The summed E-state index contributed by atoms with van der Waals surface area (Å²) in [4.78, 5) is 15.1. The van der Waals surface area contributed by atoms with Crippen LogP contribution in [-0.4, -0.2) is 10.3 Å². The monoisotopic (exact) mass is 292 g/mol. The van der Waals surface area contributed by atoms with Crippen LogP contribution in [0, 0.1) is 23.0 Å². The van der Waals surface area contributed by atoms with Gasteiger partial charge in [0.1, 0.15) is 24.2 Å². The lowest BCUT2D eigenvalue weighted by molar-refractivity contribution is -0.425. The zero-order valence-electron chi connectivity index (χ0n) is 10.1. The van der Waals surface area contributed by atoms with Gasteiger partial charge in [-0.3, -0.25) is 0 Å². The highest BCUT2D eigenvalue weighted by atomic mass is 32.2. The summed E-state index contributed by atoms with van der Waals surface area (Å²) in [5.41, 5.74) is -0.282. The van der Waals surface area contributed by atoms with E-state index in [2.05, 4.69) is 4.98 Å². The van der Waals surface area contributed by atoms with Crippen molar-refractivity contribution in [1.29, 1.82) is 5.26 Å². The van der Waals surface area contributed by atoms with E-state index in [4.69, 9.17) is 5.26 Å². The van der Waals surface area contributed by atoms with Gasteiger partial charge in [-0.05, 0) is 23.9 Å². The van der Waals surface area contributed by atoms with E-state index in [1.807, 2.05) is 6.07 Å². The molecule has 7 heteroatoms. The second kappa shape index (κ2) is 4.72. The predicted molar refractivity (Wildman–Crippen MR) is 68.0 cm³/mol. The van der Waals surface area contributed by atoms with Crippen molar-refractivity contribution < 1.29 is 13.8 Å². The molecular weight excluding hydrogens is 284 g/mol. The smallest absolute Gasteiger partial charge is 0.240 e. The van der Waals surface area contributed by atoms with Crippen molar-refractivity contribution in [1.82, 2.24) is 4.57 Å². The summed E-state index contributed by atoms with van der Waals surface area (Å²) < 4.78 is 28.1. The molecule has 4 nitrogen and oxygen atoms in total. The van der Waals surface area contributed by atoms with Gasteiger partial charge in [-0.2, -0.15) is 9.83 Å². The quantitative estimate of drug-likeness (QED) is 0.750. The molecule has 0 saturated heterocycles. The Bertz CT molecular complexity index is 790. The van der Waals surface area contributed by atoms with Gasteiger partial charge in [-0.1, -0.05) is 0 Å². The maximum Gasteiger partial charge on any atom is 0.356 e. The maximum atomic E-state index is 13.3. The molecule has 1 aromatic carbocycles. The fourth-order valence-corrected chi connectivity index (χ4v) is 3.11. The van der Waals surface area contributed by atoms with Crippen LogP contribution in [0.25, 0.3) is 11.3 Å². The van der Waals surface area contributed by atoms with E-state index in [1.54, 1.807) is 0 Å². The highest BCUT2D eigenvalue weighted by Crippen LogP contribution is 2.24. The molecule has 3 rings (SSSR count). The lowest BCUT2D eigenvalue weighted by atomic mass is 10.1. The van der Waals surface area contributed by atoms with Crippen LogP contribution in [0.4, 0.5) is 8.78 Å². The Morgan fingerprint density at radius 1 is 1.30 bits per heavy atom. The number of fused-ring (bicyclic) bond motifs is 1. The number of nitrogens with one attached hydrogen (secondary N) is 1. The fourth-order valence-electron chi connectivity index (χ4n) is 2.14. The number of thioether (sulfide) groups is 1. The maximum absolute atomic E-state index is 13.3. The van der Waals surface area contributed by atoms with Crippen molar-refractivity contribution in [3.63, 3.8) is 0 Å². The molecule has 0 saturated carbocycles. The van der Waals surface area contributed by atoms with E-state index in [9.17, 15) is 13.6 Å². The van der Waals surface area contributed by atoms with Gasteiger partial charge in [0.15, 0.2) is 11.3 Å². The molecular formula is C13H8F2N3OS+. The first-order valence-corrected chi connectivity index (χ1v) is 6.78. The van der Waals surface area contributed by atoms with Crippen LogP contribution in [0.1, 0.15) is 5.56 Å². The van der Waals surface area contributed by atoms with Crippen molar-refractivity contribution in [2.45, 2.75) is 11.7 Å². The van der Waals surface area contributed by atoms with E-state index >= 15 is 0 Å². The van der Waals surface area contributed by atoms with Gasteiger partial charge < -0.3 is 0 Å². The molecule has 1 aliphatic rings. The first-order chi connectivity index (χ1) is 9.60. The predicted octanol–water partition coefficient (Wildman–Crippen LogP) is 1.58. The van der Waals surface area contributed by atoms with Crippen LogP contribution in [0.2, 0.25) is 0 Å². The van der Waals surface area contributed by atoms with Crippen molar-refractivity contribution in [3.8, 4) is 17.3 Å². The van der Waals surface area contributed by atoms with Crippen molar-refractivity contribution in [2.24, 2.45) is 0 Å². The van der Waals surface area contributed by atoms with Crippen LogP contribution in [0.15, 0.2) is 28.2 Å². The average Bonchev–Trinajstić information content (AvgIpc) is 2.86. The second-order valence-electron chi connectivity index (χ2n) is 4.26. The summed E-state index contributed by atoms with van der Waals surface area (Å²) in [6.45, 7) is 0.516. The summed E-state index contributed by atoms with van der Waals surface area (Å²) in [6, 6.07) is 4.73. The van der Waals surface area contributed by atoms with E-state index in [0.717, 1.165) is 24.0 Å². The Morgan fingerprint density at radius 2 is 2.00 bits per heavy atom. The minimum absolute atomic E-state index is 0.138. The van der Waals surface area contributed by atoms with Gasteiger partial charge in [0.25, 0.3) is 0 Å². The molecule has 0 amide bonds. The zero-order valence-corrected chi connectivity index (χ0v) is 10.9. The summed E-state index contributed by atoms with van der Waals surface area (Å²) in [7, 11) is 0. The first kappa shape index (κ1) is 12.8. The topological polar surface area (TPSA) is 59.9 Å². The largest absolute Gasteiger partial charge is 0.356 e. The van der Waals surface area contributed by atoms with E-state index in [1.165, 1.54) is 16.3 Å². The fraction of sp³-hybridized carbons (Fsp3) is 0.154. The van der Waals surface area contributed by atoms with Crippen molar-refractivity contribution >= 4 is 11.8 Å². The SMILES string of the molecule is N#Cc1c(-c2cc(F)cc(F)c2)[nH+]c2n(c1=O)CCS2. The molecule has 0 aliphatic carbocycles. The van der Waals surface area contributed by atoms with Crippen LogP contribution < -0.4 is 10.5 Å². The molecule has 2 heterocycles. The number of benzene rings is 1. The number of halogens is 2. The summed E-state index contributed by atoms with van der Waals surface area (Å²) >= 11 is 1.43. The van der Waals surface area contributed by atoms with Crippen molar-refractivity contribution in [3.05, 3.63) is 45.8 Å². The third-order valence-corrected chi connectivity index (χ3v) is 3.99. The molecule has 0 spiro atoms. The van der Waals surface area contributed by atoms with Gasteiger partial charge in [0.05, 0.1) is 0 Å². The van der Waals surface area contributed by atoms with Crippen LogP contribution in [0.5, 0.6) is 0 Å². The number of hydrogen-bond donors (Lipinski definition) is 0. The normalized spacial score (nSPS) is 13.1. The molecule has 1 aliphatic heterocycles. The van der Waals surface area contributed by atoms with E-state index in [-0.39, 0.29) is 16.8 Å². The Morgan fingerprint density at radius 3 is 2.65 bits per heavy atom. The Hall–Kier alpha value is -2.20. The van der Waals surface area contributed by atoms with Crippen LogP contribution >= 0.6 is 11.8 Å². The molecule has 100 valence electrons. The third kappa shape index (κ3) is 1.98. The molecule has 0 atom stereocenters. The number of hydrogen-bond acceptors (Lipinski definition) is 3. The average molecular weight is 292 g/mol. The second-order valence-corrected chi connectivity index (χ2v) is 5.34. The molecule has 2 aromatic rings. The molecule has 20 heavy (non-hydrogen) atoms. The van der Waals surface area contributed by atoms with Gasteiger partial charge >= 0.3 is 10.7 Å². The standard InChI is InChI=1S/C13H7F2N3OS/c14-8-3-7(4-9(15)5-8)11-10(6-16)12(19)18-1-2-20-13(18)17-11/h3-5H,1-2H2/p+1. The lowest BCUT2D eigenvalue weighted by Gasteiger charge is -2.03. The Kier molecular flexibility index (Phi) is 3.03. The van der Waals surface area contributed by atoms with Gasteiger partial charge in [-0.25, -0.2) is 18.6 Å². The molecule has 1 aromatic heterocycles. The van der Waals surface area contributed by atoms with Crippen molar-refractivity contribution in [2.75, 3.05) is 5.75 Å². The number of aromatic amines is 1. The number of H-pyrrole nitrogens is 1. The summed E-state index contributed by atoms with van der Waals surface area (Å²) in [5.74, 6) is -0.798. The summed E-state index contributed by atoms with van der Waals surface area (Å²) in [6.07, 6.45) is 0. The lowest BCUT2D eigenvalue weighted by Crippen LogP contribution is -2.31. The Balaban J connectivity index is 2.32. The highest BCUT2D eigenvalue weighted by molar-refractivity contribution is 7.99. The van der Waals surface area contributed by atoms with Crippen LogP contribution in [-0.2, 0) is 6.54 Å². The minimum atomic E-state index is -0.759. The first-order valence-electron chi connectivity index (χ1n) is 5.79. The van der Waals surface area contributed by atoms with Gasteiger partial charge in [0.2, 0.25) is 0 Å².